The summed E-state index contributed by atoms with van der Waals surface area (Å²) in [5.41, 5.74) is 12.2. The molecule has 61 heavy (non-hydrogen) atoms. The molecule has 8 unspecified atom stereocenters. The zero-order valence-electron chi connectivity index (χ0n) is 36.6. The number of primary amides is 1. The number of nitrogens with two attached hydrogens (primary N) is 2. The van der Waals surface area contributed by atoms with Gasteiger partial charge in [-0.2, -0.15) is 0 Å². The summed E-state index contributed by atoms with van der Waals surface area (Å²) in [6.07, 6.45) is -0.340. The highest BCUT2D eigenvalue weighted by Crippen LogP contribution is 2.12. The molecule has 20 heteroatoms. The van der Waals surface area contributed by atoms with Crippen LogP contribution in [0.25, 0.3) is 0 Å². The van der Waals surface area contributed by atoms with E-state index in [0.717, 1.165) is 5.56 Å². The molecule has 0 radical (unpaired) electrons. The molecule has 1 rings (SSSR count). The molecule has 0 aliphatic heterocycles. The number of carboxylic acids is 1. The first-order valence-corrected chi connectivity index (χ1v) is 20.4. The van der Waals surface area contributed by atoms with Gasteiger partial charge >= 0.3 is 5.97 Å². The van der Waals surface area contributed by atoms with Crippen molar-refractivity contribution >= 4 is 53.2 Å². The molecule has 8 atom stereocenters. The molecule has 0 saturated heterocycles. The van der Waals surface area contributed by atoms with Gasteiger partial charge in [0.15, 0.2) is 0 Å². The third-order valence-corrected chi connectivity index (χ3v) is 9.40. The van der Waals surface area contributed by atoms with E-state index in [-0.39, 0.29) is 31.1 Å². The molecule has 0 bridgehead atoms. The summed E-state index contributed by atoms with van der Waals surface area (Å²) in [7, 11) is 0. The number of nitrogens with one attached hydrogen (secondary N) is 7. The van der Waals surface area contributed by atoms with Crippen LogP contribution >= 0.6 is 0 Å². The predicted molar refractivity (Wildman–Crippen MR) is 224 cm³/mol. The molecule has 8 amide bonds. The van der Waals surface area contributed by atoms with Crippen molar-refractivity contribution in [3.63, 3.8) is 0 Å². The van der Waals surface area contributed by atoms with E-state index in [2.05, 4.69) is 37.2 Å². The van der Waals surface area contributed by atoms with Gasteiger partial charge in [-0.15, -0.1) is 0 Å². The molecular formula is C41H67N9O11. The van der Waals surface area contributed by atoms with Gasteiger partial charge in [0.1, 0.15) is 42.3 Å². The van der Waals surface area contributed by atoms with Gasteiger partial charge in [-0.1, -0.05) is 85.7 Å². The van der Waals surface area contributed by atoms with Crippen LogP contribution in [0, 0.1) is 23.7 Å². The van der Waals surface area contributed by atoms with Crippen LogP contribution < -0.4 is 48.7 Å². The number of amides is 8. The number of carbonyl (C=O) groups is 9. The quantitative estimate of drug-likeness (QED) is 0.0498. The predicted octanol–water partition coefficient (Wildman–Crippen LogP) is -1.67. The Morgan fingerprint density at radius 1 is 0.541 bits per heavy atom. The monoisotopic (exact) mass is 861 g/mol. The number of aliphatic hydroxyl groups excluding tert-OH is 1. The number of hydrogen-bond acceptors (Lipinski definition) is 11. The van der Waals surface area contributed by atoms with Gasteiger partial charge in [-0.05, 0) is 55.4 Å². The average molecular weight is 862 g/mol. The zero-order valence-corrected chi connectivity index (χ0v) is 36.6. The average Bonchev–Trinajstić information content (AvgIpc) is 3.16. The largest absolute Gasteiger partial charge is 0.480 e. The first kappa shape index (κ1) is 53.4. The fraction of sp³-hybridized carbons (Fsp3) is 0.634. The fourth-order valence-corrected chi connectivity index (χ4v) is 6.02. The lowest BCUT2D eigenvalue weighted by molar-refractivity contribution is -0.143. The lowest BCUT2D eigenvalue weighted by atomic mass is 9.98. The molecule has 0 aromatic heterocycles. The maximum Gasteiger partial charge on any atom is 0.326 e. The maximum atomic E-state index is 13.7. The minimum atomic E-state index is -1.61. The SMILES string of the molecule is CC(C)CC(NC(=O)C(NC(=O)C(CC(N)=O)NC(=O)C(CC(C)C)NC(=O)C(NC(=O)C(CO)NC(=O)C(C)NC(=O)C(N)Cc1ccccc1)C(C)C)C(C)C)C(=O)O. The summed E-state index contributed by atoms with van der Waals surface area (Å²) in [4.78, 5) is 117. The maximum absolute atomic E-state index is 13.7. The van der Waals surface area contributed by atoms with Gasteiger partial charge < -0.3 is 58.9 Å². The van der Waals surface area contributed by atoms with Gasteiger partial charge in [0.2, 0.25) is 47.3 Å². The molecule has 342 valence electrons. The van der Waals surface area contributed by atoms with Crippen molar-refractivity contribution < 1.29 is 53.4 Å². The Morgan fingerprint density at radius 2 is 0.967 bits per heavy atom. The molecule has 1 aromatic rings. The molecule has 13 N–H and O–H groups in total. The Bertz CT molecular complexity index is 1670. The van der Waals surface area contributed by atoms with Crippen molar-refractivity contribution in [2.24, 2.45) is 35.1 Å². The van der Waals surface area contributed by atoms with Crippen LogP contribution in [0.15, 0.2) is 30.3 Å². The van der Waals surface area contributed by atoms with Gasteiger partial charge in [0, 0.05) is 0 Å². The third kappa shape index (κ3) is 19.1. The molecular weight excluding hydrogens is 795 g/mol. The molecule has 0 saturated carbocycles. The van der Waals surface area contributed by atoms with Crippen LogP contribution in [0.2, 0.25) is 0 Å². The highest BCUT2D eigenvalue weighted by atomic mass is 16.4. The smallest absolute Gasteiger partial charge is 0.326 e. The van der Waals surface area contributed by atoms with Crippen LogP contribution in [0.4, 0.5) is 0 Å². The van der Waals surface area contributed by atoms with Gasteiger partial charge in [-0.25, -0.2) is 4.79 Å². The van der Waals surface area contributed by atoms with E-state index in [1.165, 1.54) is 6.92 Å². The Kier molecular flexibility index (Phi) is 22.6. The Labute approximate surface area is 357 Å². The van der Waals surface area contributed by atoms with E-state index < -0.39 is 126 Å². The first-order chi connectivity index (χ1) is 28.4. The molecule has 0 aliphatic rings. The van der Waals surface area contributed by atoms with Crippen molar-refractivity contribution in [3.05, 3.63) is 35.9 Å². The minimum absolute atomic E-state index is 0.0264. The topological polar surface area (TPSA) is 330 Å². The Balaban J connectivity index is 3.13. The summed E-state index contributed by atoms with van der Waals surface area (Å²) in [6.45, 7) is 14.0. The highest BCUT2D eigenvalue weighted by molar-refractivity contribution is 5.98. The van der Waals surface area contributed by atoms with Crippen molar-refractivity contribution in [1.29, 1.82) is 0 Å². The molecule has 20 nitrogen and oxygen atoms in total. The Morgan fingerprint density at radius 3 is 1.41 bits per heavy atom. The van der Waals surface area contributed by atoms with Gasteiger partial charge in [0.25, 0.3) is 0 Å². The van der Waals surface area contributed by atoms with Gasteiger partial charge in [0.05, 0.1) is 19.1 Å². The second-order valence-corrected chi connectivity index (χ2v) is 16.7. The normalized spacial score (nSPS) is 15.3. The number of carboxylic acid groups (broad SMARTS) is 1. The molecule has 0 heterocycles. The molecule has 0 aliphatic carbocycles. The van der Waals surface area contributed by atoms with Crippen molar-refractivity contribution in [2.75, 3.05) is 6.61 Å². The van der Waals surface area contributed by atoms with E-state index in [1.54, 1.807) is 79.7 Å². The Hall–Kier alpha value is -5.63. The molecule has 1 aromatic carbocycles. The lowest BCUT2D eigenvalue weighted by Crippen LogP contribution is -2.61. The number of hydrogen-bond donors (Lipinski definition) is 11. The summed E-state index contributed by atoms with van der Waals surface area (Å²) >= 11 is 0. The molecule has 0 spiro atoms. The van der Waals surface area contributed by atoms with E-state index >= 15 is 0 Å². The van der Waals surface area contributed by atoms with Crippen molar-refractivity contribution in [2.45, 2.75) is 136 Å². The summed E-state index contributed by atoms with van der Waals surface area (Å²) in [5, 5.41) is 36.9. The second-order valence-electron chi connectivity index (χ2n) is 16.7. The number of aliphatic hydroxyl groups is 1. The van der Waals surface area contributed by atoms with Crippen molar-refractivity contribution in [3.8, 4) is 0 Å². The van der Waals surface area contributed by atoms with Crippen LogP contribution in [0.3, 0.4) is 0 Å². The summed E-state index contributed by atoms with van der Waals surface area (Å²) < 4.78 is 0. The van der Waals surface area contributed by atoms with E-state index in [0.29, 0.717) is 0 Å². The summed E-state index contributed by atoms with van der Waals surface area (Å²) in [5.74, 6) is -9.57. The lowest BCUT2D eigenvalue weighted by Gasteiger charge is -2.29. The first-order valence-electron chi connectivity index (χ1n) is 20.4. The van der Waals surface area contributed by atoms with Crippen LogP contribution in [-0.4, -0.2) is 118 Å². The number of aliphatic carboxylic acids is 1. The minimum Gasteiger partial charge on any atom is -0.480 e. The van der Waals surface area contributed by atoms with E-state index in [4.69, 9.17) is 11.5 Å². The number of rotatable bonds is 26. The fourth-order valence-electron chi connectivity index (χ4n) is 6.02. The summed E-state index contributed by atoms with van der Waals surface area (Å²) in [6, 6.07) is -1.45. The molecule has 0 fully saturated rings. The van der Waals surface area contributed by atoms with E-state index in [9.17, 15) is 53.4 Å². The number of benzene rings is 1. The standard InChI is InChI=1S/C41H67N9O11/c1-20(2)15-27(36(55)45-28(18-31(43)52)37(56)49-33(23(7)8)40(59)47-29(41(60)61)16-21(3)4)46-39(58)32(22(5)6)50-38(57)30(19-51)48-34(53)24(9)44-35(54)26(42)17-25-13-11-10-12-14-25/h10-14,20-24,26-30,32-33,51H,15-19,42H2,1-9H3,(H2,43,52)(H,44,54)(H,45,55)(H,46,58)(H,47,59)(H,48,53)(H,49,56)(H,50,57)(H,60,61). The number of carbonyl (C=O) groups excluding carboxylic acids is 8. The van der Waals surface area contributed by atoms with Crippen LogP contribution in [0.5, 0.6) is 0 Å². The van der Waals surface area contributed by atoms with Gasteiger partial charge in [-0.3, -0.25) is 38.4 Å². The van der Waals surface area contributed by atoms with Crippen LogP contribution in [0.1, 0.15) is 87.1 Å². The second kappa shape index (κ2) is 25.9. The van der Waals surface area contributed by atoms with E-state index in [1.807, 2.05) is 6.07 Å². The third-order valence-electron chi connectivity index (χ3n) is 9.40. The van der Waals surface area contributed by atoms with Crippen LogP contribution in [-0.2, 0) is 49.6 Å². The zero-order chi connectivity index (χ0) is 46.7. The highest BCUT2D eigenvalue weighted by Gasteiger charge is 2.36. The van der Waals surface area contributed by atoms with Crippen molar-refractivity contribution in [1.82, 2.24) is 37.2 Å².